The van der Waals surface area contributed by atoms with Crippen molar-refractivity contribution in [1.82, 2.24) is 10.6 Å². The molecular weight excluding hydrogens is 360 g/mol. The highest BCUT2D eigenvalue weighted by Gasteiger charge is 2.33. The van der Waals surface area contributed by atoms with Crippen molar-refractivity contribution in [3.63, 3.8) is 0 Å². The fourth-order valence-corrected chi connectivity index (χ4v) is 3.06. The first-order valence-electron chi connectivity index (χ1n) is 8.95. The van der Waals surface area contributed by atoms with E-state index in [9.17, 15) is 14.4 Å². The minimum Gasteiger partial charge on any atom is -0.497 e. The van der Waals surface area contributed by atoms with Crippen LogP contribution in [0.1, 0.15) is 18.1 Å². The summed E-state index contributed by atoms with van der Waals surface area (Å²) in [6.07, 6.45) is 0.762. The first-order chi connectivity index (χ1) is 13.4. The lowest BCUT2D eigenvalue weighted by atomic mass is 9.98. The number of methoxy groups -OCH3 is 1. The number of esters is 1. The zero-order chi connectivity index (χ0) is 20.1. The van der Waals surface area contributed by atoms with Crippen molar-refractivity contribution < 1.29 is 23.9 Å². The molecule has 0 saturated carbocycles. The highest BCUT2D eigenvalue weighted by Crippen LogP contribution is 2.16. The maximum absolute atomic E-state index is 12.4. The van der Waals surface area contributed by atoms with Crippen LogP contribution in [0.25, 0.3) is 0 Å². The Labute approximate surface area is 163 Å². The first kappa shape index (κ1) is 19.4. The number of benzene rings is 2. The second-order valence-electron chi connectivity index (χ2n) is 6.62. The number of rotatable bonds is 6. The van der Waals surface area contributed by atoms with E-state index in [1.165, 1.54) is 6.92 Å². The molecule has 2 unspecified atom stereocenters. The summed E-state index contributed by atoms with van der Waals surface area (Å²) in [7, 11) is 1.59. The Balaban J connectivity index is 1.58. The van der Waals surface area contributed by atoms with Crippen molar-refractivity contribution in [2.75, 3.05) is 7.11 Å². The molecule has 0 aromatic heterocycles. The molecule has 7 nitrogen and oxygen atoms in total. The average Bonchev–Trinajstić information content (AvgIpc) is 2.67. The van der Waals surface area contributed by atoms with Gasteiger partial charge >= 0.3 is 5.97 Å². The van der Waals surface area contributed by atoms with E-state index >= 15 is 0 Å². The molecule has 7 heteroatoms. The first-order valence-corrected chi connectivity index (χ1v) is 8.95. The summed E-state index contributed by atoms with van der Waals surface area (Å²) in [5, 5.41) is 5.59. The summed E-state index contributed by atoms with van der Waals surface area (Å²) in [5.74, 6) is 0.349. The maximum atomic E-state index is 12.4. The fraction of sp³-hybridized carbons (Fsp3) is 0.286. The van der Waals surface area contributed by atoms with E-state index in [0.717, 1.165) is 16.9 Å². The number of nitrogens with one attached hydrogen (secondary N) is 2. The van der Waals surface area contributed by atoms with E-state index in [4.69, 9.17) is 9.47 Å². The van der Waals surface area contributed by atoms with Crippen LogP contribution >= 0.6 is 0 Å². The third-order valence-electron chi connectivity index (χ3n) is 4.49. The van der Waals surface area contributed by atoms with Crippen molar-refractivity contribution in [2.45, 2.75) is 31.8 Å². The highest BCUT2D eigenvalue weighted by molar-refractivity contribution is 5.97. The zero-order valence-corrected chi connectivity index (χ0v) is 15.7. The van der Waals surface area contributed by atoms with Gasteiger partial charge in [0, 0.05) is 19.8 Å². The molecule has 2 atom stereocenters. The van der Waals surface area contributed by atoms with Crippen LogP contribution in [0.3, 0.4) is 0 Å². The summed E-state index contributed by atoms with van der Waals surface area (Å²) in [5.41, 5.74) is 1.78. The van der Waals surface area contributed by atoms with Gasteiger partial charge in [-0.15, -0.1) is 0 Å². The standard InChI is InChI=1S/C21H22N2O5/c1-13(24)28-17-9-5-15(6-10-17)12-19-21(26)22-18(20(25)23-19)11-14-3-7-16(27-2)8-4-14/h3-10,18-19H,11-12H2,1-2H3,(H,22,26)(H,23,25). The number of hydrogen-bond donors (Lipinski definition) is 2. The van der Waals surface area contributed by atoms with E-state index in [2.05, 4.69) is 10.6 Å². The third-order valence-corrected chi connectivity index (χ3v) is 4.49. The number of hydrogen-bond acceptors (Lipinski definition) is 5. The summed E-state index contributed by atoms with van der Waals surface area (Å²) < 4.78 is 10.1. The average molecular weight is 382 g/mol. The van der Waals surface area contributed by atoms with Gasteiger partial charge in [0.1, 0.15) is 23.6 Å². The predicted octanol–water partition coefficient (Wildman–Crippen LogP) is 1.39. The van der Waals surface area contributed by atoms with E-state index in [1.54, 1.807) is 31.4 Å². The molecule has 1 aliphatic heterocycles. The van der Waals surface area contributed by atoms with Crippen LogP contribution in [0.2, 0.25) is 0 Å². The van der Waals surface area contributed by atoms with Crippen LogP contribution < -0.4 is 20.1 Å². The van der Waals surface area contributed by atoms with Gasteiger partial charge < -0.3 is 20.1 Å². The number of amides is 2. The number of carbonyl (C=O) groups excluding carboxylic acids is 3. The van der Waals surface area contributed by atoms with Gasteiger partial charge in [-0.3, -0.25) is 14.4 Å². The van der Waals surface area contributed by atoms with Crippen LogP contribution in [0, 0.1) is 0 Å². The van der Waals surface area contributed by atoms with E-state index in [0.29, 0.717) is 18.6 Å². The van der Waals surface area contributed by atoms with Crippen molar-refractivity contribution >= 4 is 17.8 Å². The second-order valence-corrected chi connectivity index (χ2v) is 6.62. The zero-order valence-electron chi connectivity index (χ0n) is 15.7. The van der Waals surface area contributed by atoms with Gasteiger partial charge in [0.15, 0.2) is 0 Å². The highest BCUT2D eigenvalue weighted by atomic mass is 16.5. The Hall–Kier alpha value is -3.35. The molecule has 0 bridgehead atoms. The molecule has 0 radical (unpaired) electrons. The molecule has 1 aliphatic rings. The van der Waals surface area contributed by atoms with Gasteiger partial charge in [-0.25, -0.2) is 0 Å². The molecule has 0 aliphatic carbocycles. The predicted molar refractivity (Wildman–Crippen MR) is 102 cm³/mol. The minimum atomic E-state index is -0.640. The molecule has 28 heavy (non-hydrogen) atoms. The maximum Gasteiger partial charge on any atom is 0.308 e. The van der Waals surface area contributed by atoms with Crippen molar-refractivity contribution in [3.8, 4) is 11.5 Å². The molecule has 1 heterocycles. The largest absolute Gasteiger partial charge is 0.497 e. The molecular formula is C21H22N2O5. The Morgan fingerprint density at radius 1 is 0.821 bits per heavy atom. The molecule has 1 saturated heterocycles. The molecule has 2 amide bonds. The van der Waals surface area contributed by atoms with Gasteiger partial charge in [-0.2, -0.15) is 0 Å². The van der Waals surface area contributed by atoms with Gasteiger partial charge in [-0.05, 0) is 35.4 Å². The quantitative estimate of drug-likeness (QED) is 0.582. The van der Waals surface area contributed by atoms with Crippen LogP contribution in [-0.4, -0.2) is 37.0 Å². The molecule has 2 N–H and O–H groups in total. The summed E-state index contributed by atoms with van der Waals surface area (Å²) in [6.45, 7) is 1.33. The lowest BCUT2D eigenvalue weighted by Gasteiger charge is -2.29. The molecule has 0 spiro atoms. The Bertz CT molecular complexity index is 861. The molecule has 1 fully saturated rings. The fourth-order valence-electron chi connectivity index (χ4n) is 3.06. The molecule has 146 valence electrons. The number of carbonyl (C=O) groups is 3. The molecule has 2 aromatic carbocycles. The Morgan fingerprint density at radius 2 is 1.25 bits per heavy atom. The Kier molecular flexibility index (Phi) is 5.93. The normalized spacial score (nSPS) is 18.8. The van der Waals surface area contributed by atoms with Crippen LogP contribution in [-0.2, 0) is 27.2 Å². The summed E-state index contributed by atoms with van der Waals surface area (Å²) in [4.78, 5) is 35.8. The SMILES string of the molecule is COc1ccc(CC2NC(=O)C(Cc3ccc(OC(C)=O)cc3)NC2=O)cc1. The summed E-state index contributed by atoms with van der Waals surface area (Å²) >= 11 is 0. The smallest absolute Gasteiger partial charge is 0.308 e. The number of piperazine rings is 1. The van der Waals surface area contributed by atoms with Crippen LogP contribution in [0.4, 0.5) is 0 Å². The van der Waals surface area contributed by atoms with Crippen molar-refractivity contribution in [2.24, 2.45) is 0 Å². The van der Waals surface area contributed by atoms with E-state index in [-0.39, 0.29) is 11.8 Å². The minimum absolute atomic E-state index is 0.211. The number of ether oxygens (including phenoxy) is 2. The topological polar surface area (TPSA) is 93.7 Å². The lowest BCUT2D eigenvalue weighted by molar-refractivity contribution is -0.136. The monoisotopic (exact) mass is 382 g/mol. The lowest BCUT2D eigenvalue weighted by Crippen LogP contribution is -2.62. The van der Waals surface area contributed by atoms with Crippen molar-refractivity contribution in [1.29, 1.82) is 0 Å². The molecule has 2 aromatic rings. The van der Waals surface area contributed by atoms with Crippen LogP contribution in [0.5, 0.6) is 11.5 Å². The third kappa shape index (κ3) is 4.88. The van der Waals surface area contributed by atoms with Gasteiger partial charge in [0.05, 0.1) is 7.11 Å². The molecule has 3 rings (SSSR count). The van der Waals surface area contributed by atoms with Crippen molar-refractivity contribution in [3.05, 3.63) is 59.7 Å². The van der Waals surface area contributed by atoms with Crippen LogP contribution in [0.15, 0.2) is 48.5 Å². The second kappa shape index (κ2) is 8.56. The van der Waals surface area contributed by atoms with Gasteiger partial charge in [0.2, 0.25) is 11.8 Å². The van der Waals surface area contributed by atoms with Gasteiger partial charge in [-0.1, -0.05) is 24.3 Å². The van der Waals surface area contributed by atoms with E-state index < -0.39 is 18.1 Å². The Morgan fingerprint density at radius 3 is 1.64 bits per heavy atom. The van der Waals surface area contributed by atoms with E-state index in [1.807, 2.05) is 24.3 Å². The summed E-state index contributed by atoms with van der Waals surface area (Å²) in [6, 6.07) is 13.0. The van der Waals surface area contributed by atoms with Gasteiger partial charge in [0.25, 0.3) is 0 Å².